The monoisotopic (exact) mass is 1560 g/mol. The SMILES string of the molecule is CO[C@H]1O[C@H](COS(=O)(=O)O)[C@@H](O[C@@H]2O[C@@H](C(=O)O)[C@@H](COC[C@H]3O[C@H](COS(=O)(=O)O)[C@@H](O[C@@H]4O[C@H](C(=O)O)[C@@H](COC[C@H]5O[C@H](COS(=O)(=O)O)[C@@H](O)[C@H](O)[C@H]5NS(=O)(=O)O)[C@H](O)[C@H]4O)[C@H](OS(=O)(=O)O)[C@H]3NS(=O)(=O)O)[C@H](O)[C@H]2OS(=O)(=O)O)[C@H](O)[C@H]1NS(=O)(=O)O. The number of methoxy groups -OCH3 is 1. The van der Waals surface area contributed by atoms with Crippen LogP contribution in [0.5, 0.6) is 0 Å². The maximum absolute atomic E-state index is 12.8. The molecule has 25 atom stereocenters. The van der Waals surface area contributed by atoms with Gasteiger partial charge in [-0.25, -0.2) is 30.5 Å². The Morgan fingerprint density at radius 3 is 1.19 bits per heavy atom. The van der Waals surface area contributed by atoms with Crippen molar-refractivity contribution in [1.82, 2.24) is 14.2 Å². The topological polar surface area (TPSA) is 805 Å². The van der Waals surface area contributed by atoms with Crippen LogP contribution in [0.3, 0.4) is 0 Å². The van der Waals surface area contributed by atoms with Crippen molar-refractivity contribution in [3.63, 3.8) is 0 Å². The van der Waals surface area contributed by atoms with Gasteiger partial charge in [0, 0.05) is 18.9 Å². The Balaban J connectivity index is 1.46. The van der Waals surface area contributed by atoms with E-state index < -0.39 is 294 Å². The summed E-state index contributed by atoms with van der Waals surface area (Å²) < 4.78 is 347. The van der Waals surface area contributed by atoms with Gasteiger partial charge in [-0.05, 0) is 0 Å². The largest absolute Gasteiger partial charge is 0.479 e. The van der Waals surface area contributed by atoms with E-state index in [0.29, 0.717) is 0 Å². The van der Waals surface area contributed by atoms with E-state index in [1.165, 1.54) is 14.2 Å². The second-order valence-electron chi connectivity index (χ2n) is 20.2. The first kappa shape index (κ1) is 82.9. The fraction of sp³-hybridized carbons (Fsp3) is 0.943. The van der Waals surface area contributed by atoms with Gasteiger partial charge in [-0.1, -0.05) is 0 Å². The van der Waals surface area contributed by atoms with Crippen molar-refractivity contribution in [2.24, 2.45) is 11.8 Å². The molecule has 0 spiro atoms. The second kappa shape index (κ2) is 32.5. The summed E-state index contributed by atoms with van der Waals surface area (Å²) in [5.74, 6) is -8.85. The summed E-state index contributed by atoms with van der Waals surface area (Å²) in [7, 11) is -44.4. The van der Waals surface area contributed by atoms with Crippen LogP contribution in [-0.4, -0.2) is 351 Å². The highest BCUT2D eigenvalue weighted by molar-refractivity contribution is 7.84. The second-order valence-corrected chi connectivity index (χ2v) is 29.2. The molecule has 5 fully saturated rings. The molecule has 0 unspecified atom stereocenters. The van der Waals surface area contributed by atoms with Gasteiger partial charge in [0.05, 0.1) is 70.5 Å². The normalized spacial score (nSPS) is 37.5. The van der Waals surface area contributed by atoms with Crippen LogP contribution in [0.15, 0.2) is 0 Å². The first-order chi connectivity index (χ1) is 43.2. The van der Waals surface area contributed by atoms with Crippen LogP contribution in [0, 0.1) is 11.8 Å². The number of hydrogen-bond donors (Lipinski definition) is 19. The van der Waals surface area contributed by atoms with E-state index in [1.807, 2.05) is 0 Å². The highest BCUT2D eigenvalue weighted by atomic mass is 32.3. The first-order valence-corrected chi connectivity index (χ1v) is 36.5. The van der Waals surface area contributed by atoms with Crippen LogP contribution in [0.1, 0.15) is 0 Å². The summed E-state index contributed by atoms with van der Waals surface area (Å²) in [4.78, 5) is 25.5. The zero-order chi connectivity index (χ0) is 72.3. The van der Waals surface area contributed by atoms with E-state index in [1.54, 1.807) is 0 Å². The third kappa shape index (κ3) is 25.1. The number of aliphatic hydroxyl groups excluding tert-OH is 6. The average molecular weight is 1560 g/mol. The summed E-state index contributed by atoms with van der Waals surface area (Å²) in [6, 6.07) is -7.17. The number of ether oxygens (including phenoxy) is 10. The fourth-order valence-electron chi connectivity index (χ4n) is 9.94. The molecule has 5 saturated heterocycles. The first-order valence-electron chi connectivity index (χ1n) is 25.4. The van der Waals surface area contributed by atoms with Crippen molar-refractivity contribution in [1.29, 1.82) is 0 Å². The minimum absolute atomic E-state index is 0.785. The van der Waals surface area contributed by atoms with Crippen molar-refractivity contribution < 1.29 is 222 Å². The van der Waals surface area contributed by atoms with Gasteiger partial charge in [0.25, 0.3) is 0 Å². The number of rotatable bonds is 34. The molecule has 0 aromatic carbocycles. The van der Waals surface area contributed by atoms with E-state index >= 15 is 0 Å². The molecule has 19 N–H and O–H groups in total. The zero-order valence-corrected chi connectivity index (χ0v) is 53.3. The quantitative estimate of drug-likeness (QED) is 0.0266. The van der Waals surface area contributed by atoms with Crippen LogP contribution in [0.25, 0.3) is 0 Å². The molecule has 0 aliphatic carbocycles. The third-order valence-corrected chi connectivity index (χ3v) is 17.7. The minimum Gasteiger partial charge on any atom is -0.479 e. The molecule has 5 aliphatic rings. The molecular weight excluding hydrogens is 1500 g/mol. The maximum Gasteiger partial charge on any atom is 0.397 e. The number of carboxylic acid groups (broad SMARTS) is 2. The van der Waals surface area contributed by atoms with Gasteiger partial charge in [-0.15, -0.1) is 0 Å². The Bertz CT molecular complexity index is 3570. The van der Waals surface area contributed by atoms with Gasteiger partial charge in [0.2, 0.25) is 0 Å². The van der Waals surface area contributed by atoms with Crippen molar-refractivity contribution >= 4 is 94.8 Å². The van der Waals surface area contributed by atoms with E-state index in [4.69, 9.17) is 51.9 Å². The van der Waals surface area contributed by atoms with Crippen LogP contribution in [0.2, 0.25) is 0 Å². The smallest absolute Gasteiger partial charge is 0.397 e. The number of carbonyl (C=O) groups is 2. The van der Waals surface area contributed by atoms with E-state index in [2.05, 4.69) is 20.9 Å². The summed E-state index contributed by atoms with van der Waals surface area (Å²) >= 11 is 0. The number of aliphatic carboxylic acids is 2. The third-order valence-electron chi connectivity index (χ3n) is 13.7. The zero-order valence-electron chi connectivity index (χ0n) is 46.8. The highest BCUT2D eigenvalue weighted by Gasteiger charge is 2.58. The van der Waals surface area contributed by atoms with Crippen LogP contribution in [-0.2, 0) is 161 Å². The van der Waals surface area contributed by atoms with Crippen molar-refractivity contribution in [3.8, 4) is 0 Å². The molecule has 5 aliphatic heterocycles. The van der Waals surface area contributed by atoms with E-state index in [-0.39, 0.29) is 0 Å². The van der Waals surface area contributed by atoms with Gasteiger partial charge >= 0.3 is 94.8 Å². The van der Waals surface area contributed by atoms with Gasteiger partial charge in [-0.3, -0.25) is 36.4 Å². The number of carboxylic acids is 2. The number of aliphatic hydroxyl groups is 6. The number of hydrogen-bond acceptors (Lipinski definition) is 39. The van der Waals surface area contributed by atoms with Gasteiger partial charge in [0.15, 0.2) is 37.2 Å². The molecule has 0 radical (unpaired) electrons. The molecule has 52 nitrogen and oxygen atoms in total. The van der Waals surface area contributed by atoms with Crippen molar-refractivity contribution in [2.75, 3.05) is 53.4 Å². The van der Waals surface area contributed by atoms with Crippen LogP contribution >= 0.6 is 0 Å². The molecule has 0 amide bonds. The maximum atomic E-state index is 12.8. The molecule has 0 saturated carbocycles. The van der Waals surface area contributed by atoms with E-state index in [9.17, 15) is 150 Å². The molecule has 95 heavy (non-hydrogen) atoms. The molecule has 0 aromatic rings. The summed E-state index contributed by atoms with van der Waals surface area (Å²) in [6.45, 7) is -9.83. The van der Waals surface area contributed by atoms with Crippen molar-refractivity contribution in [2.45, 2.75) is 141 Å². The van der Waals surface area contributed by atoms with Gasteiger partial charge in [0.1, 0.15) is 79.3 Å². The Hall–Kier alpha value is -2.74. The molecular formula is C35H61N3O49S8. The molecule has 60 heteroatoms. The lowest BCUT2D eigenvalue weighted by molar-refractivity contribution is -0.336. The Labute approximate surface area is 535 Å². The molecule has 5 rings (SSSR count). The lowest BCUT2D eigenvalue weighted by Gasteiger charge is -2.48. The Morgan fingerprint density at radius 1 is 0.358 bits per heavy atom. The standard InChI is InChI=1S/C35H61N3O49S8/c1-73-33-18(38-90(55,56)57)23(43)27(14(81-33)7-77-92(61,62)63)84-35-30(87-95(70,71)72)20(40)10(26(83-35)32(47)48)3-75-5-12-17(37-89(52,53)54)29(86-94(67,68)69)28(15(80-12)8-78-93(64,65)66)85-34-24(44)19(39)9(25(82-34)31(45)46)2-74-4-11-16(36-88(49,50)51)22(42)21(41)13(79-11)6-76-91(58,59)60/h9-30,33-44H,2-8H2,1H3,(H,45,46)(H,47,48)(H,49,50,51)(H,52,53,54)(H,55,56,57)(H,58,59,60)(H,61,62,63)(H,64,65,66)(H,67,68,69)(H,70,71,72)/t9-,10-,11+,12+,13+,14+,15+,16-,17-,18+,19-,20-,21+,22+,23+,24+,25-,26+,27+,28+,29+,30+,33-,34-,35-/m0/s1. The number of nitrogens with one attached hydrogen (secondary N) is 3. The lowest BCUT2D eigenvalue weighted by Crippen LogP contribution is -2.69. The highest BCUT2D eigenvalue weighted by Crippen LogP contribution is 2.38. The molecule has 5 heterocycles. The van der Waals surface area contributed by atoms with Crippen molar-refractivity contribution in [3.05, 3.63) is 0 Å². The van der Waals surface area contributed by atoms with E-state index in [0.717, 1.165) is 7.11 Å². The van der Waals surface area contributed by atoms with Crippen LogP contribution < -0.4 is 14.2 Å². The average Bonchev–Trinajstić information content (AvgIpc) is 0.772. The summed E-state index contributed by atoms with van der Waals surface area (Å²) in [5.41, 5.74) is 0. The van der Waals surface area contributed by atoms with Gasteiger partial charge < -0.3 is 88.2 Å². The van der Waals surface area contributed by atoms with Gasteiger partial charge in [-0.2, -0.15) is 81.5 Å². The Kier molecular flexibility index (Phi) is 28.4. The van der Waals surface area contributed by atoms with Crippen LogP contribution in [0.4, 0.5) is 0 Å². The lowest BCUT2D eigenvalue weighted by atomic mass is 9.88. The summed E-state index contributed by atoms with van der Waals surface area (Å²) in [6.07, 6.45) is -50.9. The minimum atomic E-state index is -6.15. The molecule has 558 valence electrons. The predicted octanol–water partition coefficient (Wildman–Crippen LogP) is -13.2. The predicted molar refractivity (Wildman–Crippen MR) is 281 cm³/mol. The molecule has 0 aromatic heterocycles. The Morgan fingerprint density at radius 2 is 0.747 bits per heavy atom. The molecule has 0 bridgehead atoms. The fourth-order valence-corrected chi connectivity index (χ4v) is 13.7. The summed E-state index contributed by atoms with van der Waals surface area (Å²) in [5, 5.41) is 87.3.